The van der Waals surface area contributed by atoms with Crippen LogP contribution in [0.15, 0.2) is 41.4 Å². The Morgan fingerprint density at radius 1 is 1.24 bits per heavy atom. The van der Waals surface area contributed by atoms with Crippen molar-refractivity contribution in [2.24, 2.45) is 0 Å². The quantitative estimate of drug-likeness (QED) is 0.491. The first-order valence-electron chi connectivity index (χ1n) is 5.96. The molecule has 0 saturated heterocycles. The third-order valence-electron chi connectivity index (χ3n) is 2.50. The number of esters is 1. The molecule has 21 heavy (non-hydrogen) atoms. The Bertz CT molecular complexity index is 644. The van der Waals surface area contributed by atoms with Crippen molar-refractivity contribution in [1.82, 2.24) is 4.98 Å². The number of nitrogens with one attached hydrogen (secondary N) is 1. The van der Waals surface area contributed by atoms with Gasteiger partial charge in [-0.1, -0.05) is 23.2 Å². The fourth-order valence-electron chi connectivity index (χ4n) is 1.49. The first-order chi connectivity index (χ1) is 10.1. The molecule has 0 spiro atoms. The Labute approximate surface area is 135 Å². The summed E-state index contributed by atoms with van der Waals surface area (Å²) < 4.78 is 4.91. The summed E-state index contributed by atoms with van der Waals surface area (Å²) in [6.07, 6.45) is 1.63. The van der Waals surface area contributed by atoms with Crippen molar-refractivity contribution in [3.63, 3.8) is 0 Å². The Balaban J connectivity index is 1.80. The van der Waals surface area contributed by atoms with Crippen molar-refractivity contribution in [2.75, 3.05) is 12.4 Å². The molecule has 0 aliphatic rings. The highest BCUT2D eigenvalue weighted by Gasteiger charge is 2.12. The van der Waals surface area contributed by atoms with Gasteiger partial charge >= 0.3 is 5.97 Å². The summed E-state index contributed by atoms with van der Waals surface area (Å²) in [4.78, 5) is 26.7. The van der Waals surface area contributed by atoms with Crippen molar-refractivity contribution in [3.05, 3.63) is 52.3 Å². The Kier molecular flexibility index (Phi) is 5.73. The molecule has 110 valence electrons. The zero-order valence-electron chi connectivity index (χ0n) is 10.8. The number of carbonyl (C=O) groups excluding carboxylic acids is 2. The monoisotopic (exact) mass is 343 g/mol. The van der Waals surface area contributed by atoms with Crippen molar-refractivity contribution in [3.8, 4) is 0 Å². The number of halogens is 2. The van der Waals surface area contributed by atoms with Crippen LogP contribution in [0.2, 0.25) is 10.0 Å². The van der Waals surface area contributed by atoms with Gasteiger partial charge in [0.2, 0.25) is 5.78 Å². The summed E-state index contributed by atoms with van der Waals surface area (Å²) in [5.74, 6) is -0.715. The Morgan fingerprint density at radius 3 is 2.76 bits per heavy atom. The maximum atomic E-state index is 11.6. The Morgan fingerprint density at radius 2 is 2.05 bits per heavy atom. The lowest BCUT2D eigenvalue weighted by molar-refractivity contribution is -0.139. The van der Waals surface area contributed by atoms with Gasteiger partial charge in [-0.25, -0.2) is 0 Å². The van der Waals surface area contributed by atoms with Crippen molar-refractivity contribution < 1.29 is 14.3 Å². The van der Waals surface area contributed by atoms with E-state index in [1.165, 1.54) is 11.8 Å². The molecule has 7 heteroatoms. The molecule has 1 heterocycles. The van der Waals surface area contributed by atoms with Gasteiger partial charge in [0.1, 0.15) is 0 Å². The zero-order chi connectivity index (χ0) is 15.2. The van der Waals surface area contributed by atoms with Crippen LogP contribution >= 0.6 is 35.0 Å². The summed E-state index contributed by atoms with van der Waals surface area (Å²) in [5, 5.41) is 1.05. The molecule has 0 bridgehead atoms. The lowest BCUT2D eigenvalue weighted by Crippen LogP contribution is -2.15. The lowest BCUT2D eigenvalue weighted by Gasteiger charge is -2.05. The minimum Gasteiger partial charge on any atom is -0.457 e. The van der Waals surface area contributed by atoms with Gasteiger partial charge in [-0.2, -0.15) is 0 Å². The van der Waals surface area contributed by atoms with E-state index in [-0.39, 0.29) is 18.1 Å². The minimum absolute atomic E-state index is 0.0536. The molecule has 1 N–H and O–H groups in total. The molecule has 0 saturated carbocycles. The largest absolute Gasteiger partial charge is 0.457 e. The number of ketones is 1. The van der Waals surface area contributed by atoms with Gasteiger partial charge in [0.15, 0.2) is 6.61 Å². The van der Waals surface area contributed by atoms with E-state index >= 15 is 0 Å². The number of aromatic nitrogens is 1. The molecule has 0 radical (unpaired) electrons. The van der Waals surface area contributed by atoms with Crippen molar-refractivity contribution >= 4 is 46.7 Å². The van der Waals surface area contributed by atoms with Gasteiger partial charge in [-0.15, -0.1) is 11.8 Å². The molecule has 1 aromatic carbocycles. The van der Waals surface area contributed by atoms with Crippen LogP contribution in [-0.4, -0.2) is 29.1 Å². The van der Waals surface area contributed by atoms with E-state index in [4.69, 9.17) is 27.9 Å². The van der Waals surface area contributed by atoms with Gasteiger partial charge in [0.25, 0.3) is 0 Å². The number of H-pyrrole nitrogens is 1. The SMILES string of the molecule is O=C(CSc1cc(Cl)ccc1Cl)OCC(=O)c1ccc[nH]1. The molecule has 0 aliphatic heterocycles. The van der Waals surface area contributed by atoms with Crippen LogP contribution in [0.4, 0.5) is 0 Å². The van der Waals surface area contributed by atoms with E-state index in [0.29, 0.717) is 20.6 Å². The third-order valence-corrected chi connectivity index (χ3v) is 4.21. The topological polar surface area (TPSA) is 59.2 Å². The smallest absolute Gasteiger partial charge is 0.316 e. The van der Waals surface area contributed by atoms with E-state index in [2.05, 4.69) is 4.98 Å². The Hall–Kier alpha value is -1.43. The fourth-order valence-corrected chi connectivity index (χ4v) is 2.78. The van der Waals surface area contributed by atoms with Gasteiger partial charge in [-0.3, -0.25) is 9.59 Å². The van der Waals surface area contributed by atoms with Gasteiger partial charge < -0.3 is 9.72 Å². The third kappa shape index (κ3) is 4.81. The number of rotatable bonds is 6. The second-order valence-electron chi connectivity index (χ2n) is 4.03. The van der Waals surface area contributed by atoms with E-state index in [1.807, 2.05) is 0 Å². The molecule has 4 nitrogen and oxygen atoms in total. The number of hydrogen-bond acceptors (Lipinski definition) is 4. The highest BCUT2D eigenvalue weighted by Crippen LogP contribution is 2.29. The molecular weight excluding hydrogens is 333 g/mol. The summed E-state index contributed by atoms with van der Waals surface area (Å²) in [5.41, 5.74) is 0.410. The minimum atomic E-state index is -0.490. The van der Waals surface area contributed by atoms with Gasteiger partial charge in [0.05, 0.1) is 16.5 Å². The van der Waals surface area contributed by atoms with Crippen LogP contribution in [0.25, 0.3) is 0 Å². The van der Waals surface area contributed by atoms with Crippen LogP contribution in [0.1, 0.15) is 10.5 Å². The zero-order valence-corrected chi connectivity index (χ0v) is 13.1. The van der Waals surface area contributed by atoms with Crippen molar-refractivity contribution in [1.29, 1.82) is 0 Å². The lowest BCUT2D eigenvalue weighted by atomic mass is 10.3. The van der Waals surface area contributed by atoms with Crippen LogP contribution in [0.5, 0.6) is 0 Å². The second-order valence-corrected chi connectivity index (χ2v) is 5.89. The first kappa shape index (κ1) is 15.9. The van der Waals surface area contributed by atoms with Crippen LogP contribution in [0.3, 0.4) is 0 Å². The number of aromatic amines is 1. The highest BCUT2D eigenvalue weighted by molar-refractivity contribution is 8.00. The summed E-state index contributed by atoms with van der Waals surface area (Å²) >= 11 is 13.0. The van der Waals surface area contributed by atoms with Crippen LogP contribution < -0.4 is 0 Å². The fraction of sp³-hybridized carbons (Fsp3) is 0.143. The predicted molar refractivity (Wildman–Crippen MR) is 83.3 cm³/mol. The van der Waals surface area contributed by atoms with E-state index in [1.54, 1.807) is 36.5 Å². The number of hydrogen-bond donors (Lipinski definition) is 1. The number of carbonyl (C=O) groups is 2. The van der Waals surface area contributed by atoms with Crippen molar-refractivity contribution in [2.45, 2.75) is 4.90 Å². The van der Waals surface area contributed by atoms with Crippen LogP contribution in [0, 0.1) is 0 Å². The van der Waals surface area contributed by atoms with Gasteiger partial charge in [-0.05, 0) is 30.3 Å². The van der Waals surface area contributed by atoms with E-state index in [0.717, 1.165) is 0 Å². The van der Waals surface area contributed by atoms with E-state index < -0.39 is 5.97 Å². The summed E-state index contributed by atoms with van der Waals surface area (Å²) in [7, 11) is 0. The molecule has 1 aromatic heterocycles. The second kappa shape index (κ2) is 7.54. The molecule has 0 unspecified atom stereocenters. The average molecular weight is 344 g/mol. The standard InChI is InChI=1S/C14H11Cl2NO3S/c15-9-3-4-10(16)13(6-9)21-8-14(19)20-7-12(18)11-2-1-5-17-11/h1-6,17H,7-8H2. The number of Topliss-reactive ketones (excluding diaryl/α,β-unsaturated/α-hetero) is 1. The van der Waals surface area contributed by atoms with Gasteiger partial charge in [0, 0.05) is 16.1 Å². The summed E-state index contributed by atoms with van der Waals surface area (Å²) in [6.45, 7) is -0.289. The number of benzene rings is 1. The molecule has 0 atom stereocenters. The summed E-state index contributed by atoms with van der Waals surface area (Å²) in [6, 6.07) is 8.32. The molecule has 0 fully saturated rings. The maximum absolute atomic E-state index is 11.6. The average Bonchev–Trinajstić information content (AvgIpc) is 3.00. The molecule has 0 aliphatic carbocycles. The number of ether oxygens (including phenoxy) is 1. The molecule has 2 aromatic rings. The number of thioether (sulfide) groups is 1. The molecule has 2 rings (SSSR count). The first-order valence-corrected chi connectivity index (χ1v) is 7.70. The molecule has 0 amide bonds. The van der Waals surface area contributed by atoms with E-state index in [9.17, 15) is 9.59 Å². The maximum Gasteiger partial charge on any atom is 0.316 e. The molecular formula is C14H11Cl2NO3S. The highest BCUT2D eigenvalue weighted by atomic mass is 35.5. The normalized spacial score (nSPS) is 10.4. The van der Waals surface area contributed by atoms with Crippen LogP contribution in [-0.2, 0) is 9.53 Å². The predicted octanol–water partition coefficient (Wildman–Crippen LogP) is 3.84.